The van der Waals surface area contributed by atoms with Gasteiger partial charge in [0.2, 0.25) is 0 Å². The molecule has 0 bridgehead atoms. The van der Waals surface area contributed by atoms with Crippen molar-refractivity contribution in [3.8, 4) is 0 Å². The Morgan fingerprint density at radius 2 is 2.17 bits per heavy atom. The van der Waals surface area contributed by atoms with Crippen molar-refractivity contribution >= 4 is 11.6 Å². The molecule has 0 spiro atoms. The van der Waals surface area contributed by atoms with E-state index in [2.05, 4.69) is 5.32 Å². The van der Waals surface area contributed by atoms with Crippen molar-refractivity contribution in [1.29, 1.82) is 0 Å². The summed E-state index contributed by atoms with van der Waals surface area (Å²) < 4.78 is 18.2. The normalized spacial score (nSPS) is 10.3. The molecule has 1 aromatic carbocycles. The van der Waals surface area contributed by atoms with Gasteiger partial charge in [-0.2, -0.15) is 0 Å². The maximum absolute atomic E-state index is 12.9. The number of carbonyl (C=O) groups is 1. The first kappa shape index (κ1) is 12.3. The molecular formula is C13H13FN2O2. The van der Waals surface area contributed by atoms with Crippen LogP contribution in [0.25, 0.3) is 0 Å². The Labute approximate surface area is 104 Å². The number of anilines is 1. The van der Waals surface area contributed by atoms with E-state index in [9.17, 15) is 9.18 Å². The van der Waals surface area contributed by atoms with Gasteiger partial charge in [-0.15, -0.1) is 0 Å². The van der Waals surface area contributed by atoms with Crippen molar-refractivity contribution in [1.82, 2.24) is 0 Å². The highest BCUT2D eigenvalue weighted by Gasteiger charge is 2.11. The second-order valence-electron chi connectivity index (χ2n) is 3.77. The molecule has 2 aromatic rings. The van der Waals surface area contributed by atoms with Crippen LogP contribution in [0.3, 0.4) is 0 Å². The van der Waals surface area contributed by atoms with Gasteiger partial charge in [0, 0.05) is 12.1 Å². The van der Waals surface area contributed by atoms with Crippen LogP contribution in [-0.4, -0.2) is 12.5 Å². The maximum Gasteiger partial charge on any atom is 0.291 e. The molecule has 3 N–H and O–H groups in total. The maximum atomic E-state index is 12.9. The molecule has 0 unspecified atom stereocenters. The van der Waals surface area contributed by atoms with Gasteiger partial charge < -0.3 is 15.5 Å². The van der Waals surface area contributed by atoms with Crippen LogP contribution in [0.1, 0.15) is 16.3 Å². The molecule has 1 aromatic heterocycles. The number of nitrogens with two attached hydrogens (primary N) is 1. The van der Waals surface area contributed by atoms with E-state index in [1.165, 1.54) is 18.2 Å². The number of hydrogen-bond donors (Lipinski definition) is 2. The summed E-state index contributed by atoms with van der Waals surface area (Å²) in [6.45, 7) is 0.457. The number of carbonyl (C=O) groups excluding carboxylic acids is 1. The molecule has 94 valence electrons. The van der Waals surface area contributed by atoms with E-state index in [1.54, 1.807) is 18.2 Å². The molecule has 1 amide bonds. The molecule has 0 fully saturated rings. The summed E-state index contributed by atoms with van der Waals surface area (Å²) in [5, 5.41) is 2.55. The van der Waals surface area contributed by atoms with Gasteiger partial charge >= 0.3 is 0 Å². The lowest BCUT2D eigenvalue weighted by atomic mass is 10.3. The van der Waals surface area contributed by atoms with Gasteiger partial charge in [-0.25, -0.2) is 4.39 Å². The summed E-state index contributed by atoms with van der Waals surface area (Å²) in [5.74, 6) is 0.0181. The molecule has 0 atom stereocenters. The standard InChI is InChI=1S/C13H13FN2O2/c14-9-2-1-3-10(8-9)16-13(17)12-5-4-11(18-12)6-7-15/h1-5,8H,6-7,15H2,(H,16,17). The summed E-state index contributed by atoms with van der Waals surface area (Å²) in [5.41, 5.74) is 5.77. The monoisotopic (exact) mass is 248 g/mol. The lowest BCUT2D eigenvalue weighted by Crippen LogP contribution is -2.11. The summed E-state index contributed by atoms with van der Waals surface area (Å²) in [7, 11) is 0. The van der Waals surface area contributed by atoms with Crippen molar-refractivity contribution in [2.24, 2.45) is 5.73 Å². The van der Waals surface area contributed by atoms with E-state index < -0.39 is 11.7 Å². The second kappa shape index (κ2) is 5.46. The topological polar surface area (TPSA) is 68.3 Å². The van der Waals surface area contributed by atoms with Crippen LogP contribution in [0.5, 0.6) is 0 Å². The van der Waals surface area contributed by atoms with Crippen molar-refractivity contribution < 1.29 is 13.6 Å². The lowest BCUT2D eigenvalue weighted by molar-refractivity contribution is 0.0995. The molecule has 4 nitrogen and oxygen atoms in total. The number of rotatable bonds is 4. The number of furan rings is 1. The fraction of sp³-hybridized carbons (Fsp3) is 0.154. The fourth-order valence-corrected chi connectivity index (χ4v) is 1.54. The van der Waals surface area contributed by atoms with Gasteiger partial charge in [-0.3, -0.25) is 4.79 Å². The van der Waals surface area contributed by atoms with E-state index >= 15 is 0 Å². The molecule has 0 radical (unpaired) electrons. The Kier molecular flexibility index (Phi) is 3.74. The van der Waals surface area contributed by atoms with Crippen LogP contribution < -0.4 is 11.1 Å². The number of benzene rings is 1. The highest BCUT2D eigenvalue weighted by atomic mass is 19.1. The summed E-state index contributed by atoms with van der Waals surface area (Å²) >= 11 is 0. The molecule has 2 rings (SSSR count). The van der Waals surface area contributed by atoms with Gasteiger partial charge in [0.15, 0.2) is 5.76 Å². The van der Waals surface area contributed by atoms with Gasteiger partial charge in [0.05, 0.1) is 0 Å². The minimum absolute atomic E-state index is 0.183. The Bertz CT molecular complexity index is 551. The van der Waals surface area contributed by atoms with Crippen LogP contribution in [0.4, 0.5) is 10.1 Å². The first-order chi connectivity index (χ1) is 8.69. The van der Waals surface area contributed by atoms with E-state index in [4.69, 9.17) is 10.2 Å². The first-order valence-electron chi connectivity index (χ1n) is 5.55. The second-order valence-corrected chi connectivity index (χ2v) is 3.77. The number of hydrogen-bond acceptors (Lipinski definition) is 3. The average Bonchev–Trinajstić information content (AvgIpc) is 2.78. The van der Waals surface area contributed by atoms with Crippen molar-refractivity contribution in [3.05, 3.63) is 53.7 Å². The quantitative estimate of drug-likeness (QED) is 0.871. The highest BCUT2D eigenvalue weighted by molar-refractivity contribution is 6.02. The van der Waals surface area contributed by atoms with Gasteiger partial charge in [0.1, 0.15) is 11.6 Å². The number of amides is 1. The fourth-order valence-electron chi connectivity index (χ4n) is 1.54. The van der Waals surface area contributed by atoms with Crippen molar-refractivity contribution in [2.45, 2.75) is 6.42 Å². The molecule has 18 heavy (non-hydrogen) atoms. The molecule has 0 aliphatic rings. The predicted octanol–water partition coefficient (Wildman–Crippen LogP) is 2.17. The molecule has 1 heterocycles. The minimum atomic E-state index is -0.413. The Morgan fingerprint density at radius 3 is 2.89 bits per heavy atom. The van der Waals surface area contributed by atoms with Crippen molar-refractivity contribution in [2.75, 3.05) is 11.9 Å². The van der Waals surface area contributed by atoms with Crippen LogP contribution >= 0.6 is 0 Å². The van der Waals surface area contributed by atoms with E-state index in [0.717, 1.165) is 0 Å². The van der Waals surface area contributed by atoms with Gasteiger partial charge in [-0.05, 0) is 36.9 Å². The third-order valence-corrected chi connectivity index (χ3v) is 2.36. The molecule has 0 aliphatic carbocycles. The number of halogens is 1. The van der Waals surface area contributed by atoms with Crippen LogP contribution in [0, 0.1) is 5.82 Å². The zero-order valence-corrected chi connectivity index (χ0v) is 9.65. The average molecular weight is 248 g/mol. The lowest BCUT2D eigenvalue weighted by Gasteiger charge is -2.02. The zero-order valence-electron chi connectivity index (χ0n) is 9.65. The molecule has 0 aliphatic heterocycles. The highest BCUT2D eigenvalue weighted by Crippen LogP contribution is 2.13. The Morgan fingerprint density at radius 1 is 1.33 bits per heavy atom. The van der Waals surface area contributed by atoms with E-state index in [-0.39, 0.29) is 5.76 Å². The summed E-state index contributed by atoms with van der Waals surface area (Å²) in [6.07, 6.45) is 0.577. The SMILES string of the molecule is NCCc1ccc(C(=O)Nc2cccc(F)c2)o1. The molecular weight excluding hydrogens is 235 g/mol. The molecule has 0 saturated carbocycles. The third-order valence-electron chi connectivity index (χ3n) is 2.36. The van der Waals surface area contributed by atoms with Crippen molar-refractivity contribution in [3.63, 3.8) is 0 Å². The summed E-state index contributed by atoms with van der Waals surface area (Å²) in [6, 6.07) is 8.94. The van der Waals surface area contributed by atoms with Crippen LogP contribution in [0.2, 0.25) is 0 Å². The Balaban J connectivity index is 2.07. The van der Waals surface area contributed by atoms with E-state index in [1.807, 2.05) is 0 Å². The number of nitrogens with one attached hydrogen (secondary N) is 1. The van der Waals surface area contributed by atoms with Gasteiger partial charge in [-0.1, -0.05) is 6.07 Å². The third kappa shape index (κ3) is 2.95. The summed E-state index contributed by atoms with van der Waals surface area (Å²) in [4.78, 5) is 11.8. The first-order valence-corrected chi connectivity index (χ1v) is 5.55. The van der Waals surface area contributed by atoms with E-state index in [0.29, 0.717) is 24.4 Å². The van der Waals surface area contributed by atoms with Gasteiger partial charge in [0.25, 0.3) is 5.91 Å². The molecule has 5 heteroatoms. The Hall–Kier alpha value is -2.14. The predicted molar refractivity (Wildman–Crippen MR) is 65.8 cm³/mol. The van der Waals surface area contributed by atoms with Crippen LogP contribution in [0.15, 0.2) is 40.8 Å². The minimum Gasteiger partial charge on any atom is -0.456 e. The smallest absolute Gasteiger partial charge is 0.291 e. The molecule has 0 saturated heterocycles. The zero-order chi connectivity index (χ0) is 13.0. The van der Waals surface area contributed by atoms with Crippen LogP contribution in [-0.2, 0) is 6.42 Å². The largest absolute Gasteiger partial charge is 0.456 e.